The van der Waals surface area contributed by atoms with Gasteiger partial charge < -0.3 is 15.1 Å². The first-order valence-electron chi connectivity index (χ1n) is 5.13. The van der Waals surface area contributed by atoms with E-state index >= 15 is 0 Å². The number of hydrogen-bond donors (Lipinski definition) is 2. The van der Waals surface area contributed by atoms with E-state index in [1.54, 1.807) is 12.1 Å². The predicted molar refractivity (Wildman–Crippen MR) is 64.2 cm³/mol. The maximum atomic E-state index is 11.4. The van der Waals surface area contributed by atoms with Gasteiger partial charge in [-0.15, -0.1) is 10.2 Å². The summed E-state index contributed by atoms with van der Waals surface area (Å²) in [6.45, 7) is 0.226. The van der Waals surface area contributed by atoms with Crippen molar-refractivity contribution in [2.24, 2.45) is 0 Å². The quantitative estimate of drug-likeness (QED) is 0.837. The third-order valence-corrected chi connectivity index (χ3v) is 2.60. The van der Waals surface area contributed by atoms with E-state index < -0.39 is 0 Å². The number of hydrogen-bond acceptors (Lipinski definition) is 6. The predicted octanol–water partition coefficient (Wildman–Crippen LogP) is 0.890. The smallest absolute Gasteiger partial charge is 0.286 e. The zero-order valence-corrected chi connectivity index (χ0v) is 10.1. The molecule has 2 heterocycles. The van der Waals surface area contributed by atoms with Crippen LogP contribution in [0.4, 0.5) is 5.13 Å². The molecule has 94 valence electrons. The molecule has 2 aromatic heterocycles. The van der Waals surface area contributed by atoms with Gasteiger partial charge in [0.25, 0.3) is 5.91 Å². The summed E-state index contributed by atoms with van der Waals surface area (Å²) in [5, 5.41) is 12.8. The van der Waals surface area contributed by atoms with Gasteiger partial charge >= 0.3 is 0 Å². The monoisotopic (exact) mass is 266 g/mol. The van der Waals surface area contributed by atoms with Crippen LogP contribution in [0.25, 0.3) is 0 Å². The minimum absolute atomic E-state index is 0.159. The SMILES string of the molecule is O=C(CCNC(=O)c1ccco1)Nc1nncs1. The number of aromatic nitrogens is 2. The van der Waals surface area contributed by atoms with E-state index in [0.717, 1.165) is 0 Å². The van der Waals surface area contributed by atoms with Crippen molar-refractivity contribution in [1.82, 2.24) is 15.5 Å². The second kappa shape index (κ2) is 5.92. The molecule has 18 heavy (non-hydrogen) atoms. The lowest BCUT2D eigenvalue weighted by Crippen LogP contribution is -2.27. The highest BCUT2D eigenvalue weighted by atomic mass is 32.1. The van der Waals surface area contributed by atoms with Crippen molar-refractivity contribution in [3.8, 4) is 0 Å². The maximum absolute atomic E-state index is 11.4. The van der Waals surface area contributed by atoms with Gasteiger partial charge in [-0.05, 0) is 12.1 Å². The Morgan fingerprint density at radius 1 is 1.44 bits per heavy atom. The zero-order chi connectivity index (χ0) is 12.8. The topological polar surface area (TPSA) is 97.1 Å². The molecule has 2 rings (SSSR count). The lowest BCUT2D eigenvalue weighted by atomic mass is 10.3. The fourth-order valence-electron chi connectivity index (χ4n) is 1.19. The first kappa shape index (κ1) is 12.2. The minimum Gasteiger partial charge on any atom is -0.459 e. The molecule has 2 aromatic rings. The van der Waals surface area contributed by atoms with Crippen LogP contribution in [-0.4, -0.2) is 28.6 Å². The maximum Gasteiger partial charge on any atom is 0.286 e. The van der Waals surface area contributed by atoms with E-state index in [4.69, 9.17) is 4.42 Å². The first-order valence-corrected chi connectivity index (χ1v) is 6.01. The van der Waals surface area contributed by atoms with Gasteiger partial charge in [0.15, 0.2) is 5.76 Å². The highest BCUT2D eigenvalue weighted by molar-refractivity contribution is 7.13. The number of anilines is 1. The highest BCUT2D eigenvalue weighted by Gasteiger charge is 2.09. The molecule has 8 heteroatoms. The van der Waals surface area contributed by atoms with Crippen molar-refractivity contribution < 1.29 is 14.0 Å². The molecule has 0 aromatic carbocycles. The molecule has 0 aliphatic heterocycles. The van der Waals surface area contributed by atoms with Gasteiger partial charge in [0.2, 0.25) is 11.0 Å². The summed E-state index contributed by atoms with van der Waals surface area (Å²) in [6.07, 6.45) is 1.57. The molecule has 0 spiro atoms. The Balaban J connectivity index is 1.69. The van der Waals surface area contributed by atoms with Crippen LogP contribution >= 0.6 is 11.3 Å². The summed E-state index contributed by atoms with van der Waals surface area (Å²) in [6, 6.07) is 3.17. The third-order valence-electron chi connectivity index (χ3n) is 1.99. The Morgan fingerprint density at radius 3 is 3.00 bits per heavy atom. The number of nitrogens with zero attached hydrogens (tertiary/aromatic N) is 2. The van der Waals surface area contributed by atoms with Crippen molar-refractivity contribution in [1.29, 1.82) is 0 Å². The molecule has 0 radical (unpaired) electrons. The average Bonchev–Trinajstić information content (AvgIpc) is 3.00. The Bertz CT molecular complexity index is 509. The van der Waals surface area contributed by atoms with Crippen molar-refractivity contribution in [3.63, 3.8) is 0 Å². The van der Waals surface area contributed by atoms with Crippen LogP contribution in [-0.2, 0) is 4.79 Å². The number of rotatable bonds is 5. The van der Waals surface area contributed by atoms with Crippen molar-refractivity contribution in [2.75, 3.05) is 11.9 Å². The lowest BCUT2D eigenvalue weighted by Gasteiger charge is -2.02. The molecule has 0 saturated carbocycles. The van der Waals surface area contributed by atoms with E-state index in [2.05, 4.69) is 20.8 Å². The normalized spacial score (nSPS) is 10.0. The van der Waals surface area contributed by atoms with Gasteiger partial charge in [-0.1, -0.05) is 11.3 Å². The highest BCUT2D eigenvalue weighted by Crippen LogP contribution is 2.07. The molecule has 7 nitrogen and oxygen atoms in total. The summed E-state index contributed by atoms with van der Waals surface area (Å²) in [7, 11) is 0. The lowest BCUT2D eigenvalue weighted by molar-refractivity contribution is -0.116. The summed E-state index contributed by atoms with van der Waals surface area (Å²) in [5.41, 5.74) is 1.52. The molecular formula is C10H10N4O3S. The van der Waals surface area contributed by atoms with Crippen molar-refractivity contribution >= 4 is 28.3 Å². The van der Waals surface area contributed by atoms with E-state index in [1.165, 1.54) is 23.1 Å². The van der Waals surface area contributed by atoms with Crippen LogP contribution in [0.15, 0.2) is 28.3 Å². The fraction of sp³-hybridized carbons (Fsp3) is 0.200. The minimum atomic E-state index is -0.344. The molecule has 0 fully saturated rings. The van der Waals surface area contributed by atoms with E-state index in [9.17, 15) is 9.59 Å². The molecule has 0 aliphatic rings. The van der Waals surface area contributed by atoms with Gasteiger partial charge in [-0.2, -0.15) is 0 Å². The summed E-state index contributed by atoms with van der Waals surface area (Å²) < 4.78 is 4.91. The van der Waals surface area contributed by atoms with Crippen LogP contribution in [0, 0.1) is 0 Å². The Labute approximate surface area is 106 Å². The Kier molecular flexibility index (Phi) is 4.02. The van der Waals surface area contributed by atoms with Crippen molar-refractivity contribution in [3.05, 3.63) is 29.7 Å². The molecule has 0 atom stereocenters. The van der Waals surface area contributed by atoms with Gasteiger partial charge in [-0.3, -0.25) is 9.59 Å². The van der Waals surface area contributed by atoms with Crippen molar-refractivity contribution in [2.45, 2.75) is 6.42 Å². The van der Waals surface area contributed by atoms with Gasteiger partial charge in [0, 0.05) is 13.0 Å². The van der Waals surface area contributed by atoms with E-state index in [0.29, 0.717) is 5.13 Å². The Morgan fingerprint density at radius 2 is 2.33 bits per heavy atom. The average molecular weight is 266 g/mol. The largest absolute Gasteiger partial charge is 0.459 e. The summed E-state index contributed by atoms with van der Waals surface area (Å²) in [5.74, 6) is -0.352. The van der Waals surface area contributed by atoms with Gasteiger partial charge in [0.05, 0.1) is 6.26 Å². The number of carbonyl (C=O) groups is 2. The van der Waals surface area contributed by atoms with Gasteiger partial charge in [0.1, 0.15) is 5.51 Å². The van der Waals surface area contributed by atoms with Crippen LogP contribution < -0.4 is 10.6 Å². The molecule has 0 unspecified atom stereocenters. The molecule has 2 amide bonds. The second-order valence-electron chi connectivity index (χ2n) is 3.28. The molecular weight excluding hydrogens is 256 g/mol. The summed E-state index contributed by atoms with van der Waals surface area (Å²) in [4.78, 5) is 22.9. The van der Waals surface area contributed by atoms with Crippen LogP contribution in [0.2, 0.25) is 0 Å². The number of nitrogens with one attached hydrogen (secondary N) is 2. The molecule has 2 N–H and O–H groups in total. The van der Waals surface area contributed by atoms with Gasteiger partial charge in [-0.25, -0.2) is 0 Å². The second-order valence-corrected chi connectivity index (χ2v) is 4.11. The van der Waals surface area contributed by atoms with E-state index in [-0.39, 0.29) is 30.5 Å². The molecule has 0 aliphatic carbocycles. The number of amides is 2. The van der Waals surface area contributed by atoms with Crippen LogP contribution in [0.1, 0.15) is 17.0 Å². The van der Waals surface area contributed by atoms with Crippen LogP contribution in [0.5, 0.6) is 0 Å². The summed E-state index contributed by atoms with van der Waals surface area (Å²) >= 11 is 1.23. The zero-order valence-electron chi connectivity index (χ0n) is 9.25. The van der Waals surface area contributed by atoms with E-state index in [1.807, 2.05) is 0 Å². The Hall–Kier alpha value is -2.22. The molecule has 0 saturated heterocycles. The standard InChI is InChI=1S/C10H10N4O3S/c15-8(13-10-14-12-6-18-10)3-4-11-9(16)7-2-1-5-17-7/h1-2,5-6H,3-4H2,(H,11,16)(H,13,14,15). The third kappa shape index (κ3) is 3.39. The van der Waals surface area contributed by atoms with Crippen LogP contribution in [0.3, 0.4) is 0 Å². The molecule has 0 bridgehead atoms. The number of carbonyl (C=O) groups excluding carboxylic acids is 2. The number of furan rings is 1. The first-order chi connectivity index (χ1) is 8.75. The fourth-order valence-corrected chi connectivity index (χ4v) is 1.65.